The number of pyridine rings is 1. The highest BCUT2D eigenvalue weighted by Gasteiger charge is 2.26. The number of anilines is 1. The van der Waals surface area contributed by atoms with Gasteiger partial charge in [0.1, 0.15) is 0 Å². The minimum atomic E-state index is -0.378. The number of para-hydroxylation sites is 1. The van der Waals surface area contributed by atoms with Crippen molar-refractivity contribution in [2.75, 3.05) is 19.4 Å². The van der Waals surface area contributed by atoms with Crippen molar-refractivity contribution in [3.63, 3.8) is 0 Å². The Morgan fingerprint density at radius 2 is 2.04 bits per heavy atom. The molecule has 0 radical (unpaired) electrons. The van der Waals surface area contributed by atoms with Gasteiger partial charge in [0.05, 0.1) is 30.4 Å². The van der Waals surface area contributed by atoms with E-state index in [0.29, 0.717) is 30.8 Å². The molecule has 1 aliphatic heterocycles. The van der Waals surface area contributed by atoms with Gasteiger partial charge in [-0.2, -0.15) is 0 Å². The van der Waals surface area contributed by atoms with Crippen LogP contribution in [-0.2, 0) is 17.7 Å². The van der Waals surface area contributed by atoms with Crippen LogP contribution in [0.3, 0.4) is 0 Å². The van der Waals surface area contributed by atoms with Gasteiger partial charge in [0, 0.05) is 30.5 Å². The van der Waals surface area contributed by atoms with Crippen LogP contribution in [0.4, 0.5) is 10.5 Å². The molecule has 0 aliphatic carbocycles. The van der Waals surface area contributed by atoms with Crippen molar-refractivity contribution >= 4 is 28.6 Å². The topological polar surface area (TPSA) is 90.5 Å². The highest BCUT2D eigenvalue weighted by molar-refractivity contribution is 6.06. The first kappa shape index (κ1) is 16.1. The third-order valence-corrected chi connectivity index (χ3v) is 4.76. The highest BCUT2D eigenvalue weighted by Crippen LogP contribution is 2.27. The highest BCUT2D eigenvalue weighted by atomic mass is 16.5. The molecule has 2 N–H and O–H groups in total. The molecule has 0 saturated heterocycles. The summed E-state index contributed by atoms with van der Waals surface area (Å²) in [6.07, 6.45) is 5.12. The van der Waals surface area contributed by atoms with Gasteiger partial charge in [0.25, 0.3) is 5.91 Å². The number of nitrogens with zero attached hydrogens (tertiary/aromatic N) is 3. The number of fused-ring (bicyclic) bond motifs is 2. The summed E-state index contributed by atoms with van der Waals surface area (Å²) in [4.78, 5) is 30.7. The lowest BCUT2D eigenvalue weighted by Crippen LogP contribution is -2.36. The van der Waals surface area contributed by atoms with Crippen molar-refractivity contribution in [2.45, 2.75) is 13.0 Å². The SMILES string of the molecule is COC(=O)N1CCc2c(cncc2C(=O)n2cc(N)c3ccccc32)C1. The number of benzene rings is 1. The smallest absolute Gasteiger partial charge is 0.409 e. The van der Waals surface area contributed by atoms with E-state index in [9.17, 15) is 9.59 Å². The summed E-state index contributed by atoms with van der Waals surface area (Å²) in [7, 11) is 1.36. The van der Waals surface area contributed by atoms with Crippen molar-refractivity contribution < 1.29 is 14.3 Å². The molecule has 0 atom stereocenters. The van der Waals surface area contributed by atoms with Gasteiger partial charge in [0.2, 0.25) is 0 Å². The zero-order chi connectivity index (χ0) is 18.3. The first-order valence-corrected chi connectivity index (χ1v) is 8.29. The second-order valence-corrected chi connectivity index (χ2v) is 6.24. The number of hydrogen-bond acceptors (Lipinski definition) is 5. The monoisotopic (exact) mass is 350 g/mol. The summed E-state index contributed by atoms with van der Waals surface area (Å²) < 4.78 is 6.35. The van der Waals surface area contributed by atoms with E-state index in [1.165, 1.54) is 7.11 Å². The van der Waals surface area contributed by atoms with E-state index in [-0.39, 0.29) is 12.0 Å². The maximum Gasteiger partial charge on any atom is 0.409 e. The number of carbonyl (C=O) groups is 2. The Kier molecular flexibility index (Phi) is 3.84. The second kappa shape index (κ2) is 6.18. The van der Waals surface area contributed by atoms with E-state index in [0.717, 1.165) is 22.0 Å². The molecular weight excluding hydrogens is 332 g/mol. The summed E-state index contributed by atoms with van der Waals surface area (Å²) >= 11 is 0. The Labute approximate surface area is 150 Å². The largest absolute Gasteiger partial charge is 0.453 e. The van der Waals surface area contributed by atoms with Gasteiger partial charge in [0.15, 0.2) is 0 Å². The molecule has 7 heteroatoms. The summed E-state index contributed by atoms with van der Waals surface area (Å²) in [5.41, 5.74) is 9.68. The predicted octanol–water partition coefficient (Wildman–Crippen LogP) is 2.43. The average molecular weight is 350 g/mol. The van der Waals surface area contributed by atoms with E-state index in [1.807, 2.05) is 24.3 Å². The van der Waals surface area contributed by atoms with Crippen LogP contribution < -0.4 is 5.73 Å². The van der Waals surface area contributed by atoms with Crippen LogP contribution in [0.15, 0.2) is 42.9 Å². The fourth-order valence-corrected chi connectivity index (χ4v) is 3.47. The molecule has 1 aromatic carbocycles. The fourth-order valence-electron chi connectivity index (χ4n) is 3.47. The molecule has 0 saturated carbocycles. The van der Waals surface area contributed by atoms with Gasteiger partial charge in [-0.1, -0.05) is 18.2 Å². The van der Waals surface area contributed by atoms with E-state index in [1.54, 1.807) is 28.1 Å². The molecule has 7 nitrogen and oxygen atoms in total. The van der Waals surface area contributed by atoms with Crippen molar-refractivity contribution in [3.05, 3.63) is 59.5 Å². The number of aromatic nitrogens is 2. The molecule has 0 fully saturated rings. The number of carbonyl (C=O) groups excluding carboxylic acids is 2. The maximum atomic E-state index is 13.2. The normalized spacial score (nSPS) is 13.5. The third-order valence-electron chi connectivity index (χ3n) is 4.76. The zero-order valence-electron chi connectivity index (χ0n) is 14.3. The number of hydrogen-bond donors (Lipinski definition) is 1. The molecule has 2 aromatic heterocycles. The Hall–Kier alpha value is -3.35. The van der Waals surface area contributed by atoms with Crippen molar-refractivity contribution in [1.82, 2.24) is 14.5 Å². The minimum Gasteiger partial charge on any atom is -0.453 e. The fraction of sp³-hybridized carbons (Fsp3) is 0.211. The van der Waals surface area contributed by atoms with Crippen LogP contribution in [0.25, 0.3) is 10.9 Å². The molecule has 3 aromatic rings. The van der Waals surface area contributed by atoms with Gasteiger partial charge in [-0.05, 0) is 23.6 Å². The van der Waals surface area contributed by atoms with E-state index in [4.69, 9.17) is 10.5 Å². The molecule has 4 rings (SSSR count). The van der Waals surface area contributed by atoms with Gasteiger partial charge < -0.3 is 15.4 Å². The summed E-state index contributed by atoms with van der Waals surface area (Å²) in [6.45, 7) is 0.878. The lowest BCUT2D eigenvalue weighted by molar-refractivity contribution is 0.0962. The van der Waals surface area contributed by atoms with Crippen LogP contribution in [0, 0.1) is 0 Å². The lowest BCUT2D eigenvalue weighted by Gasteiger charge is -2.28. The van der Waals surface area contributed by atoms with Gasteiger partial charge in [-0.15, -0.1) is 0 Å². The van der Waals surface area contributed by atoms with E-state index >= 15 is 0 Å². The van der Waals surface area contributed by atoms with Gasteiger partial charge in [-0.3, -0.25) is 14.3 Å². The molecule has 0 unspecified atom stereocenters. The van der Waals surface area contributed by atoms with Gasteiger partial charge in [-0.25, -0.2) is 4.79 Å². The minimum absolute atomic E-state index is 0.172. The number of ether oxygens (including phenoxy) is 1. The van der Waals surface area contributed by atoms with Crippen LogP contribution in [0.2, 0.25) is 0 Å². The molecule has 1 aliphatic rings. The van der Waals surface area contributed by atoms with E-state index in [2.05, 4.69) is 4.98 Å². The first-order valence-electron chi connectivity index (χ1n) is 8.29. The molecule has 26 heavy (non-hydrogen) atoms. The second-order valence-electron chi connectivity index (χ2n) is 6.24. The van der Waals surface area contributed by atoms with Crippen LogP contribution in [-0.4, -0.2) is 40.1 Å². The predicted molar refractivity (Wildman–Crippen MR) is 96.8 cm³/mol. The number of nitrogens with two attached hydrogens (primary N) is 1. The summed E-state index contributed by atoms with van der Waals surface area (Å²) in [6, 6.07) is 7.52. The van der Waals surface area contributed by atoms with E-state index < -0.39 is 0 Å². The Morgan fingerprint density at radius 1 is 1.23 bits per heavy atom. The molecule has 0 spiro atoms. The lowest BCUT2D eigenvalue weighted by atomic mass is 9.97. The van der Waals surface area contributed by atoms with Crippen LogP contribution >= 0.6 is 0 Å². The quantitative estimate of drug-likeness (QED) is 0.728. The third kappa shape index (κ3) is 2.48. The number of amides is 1. The average Bonchev–Trinajstić information content (AvgIpc) is 3.03. The standard InChI is InChI=1S/C19H18N4O3/c1-26-19(25)22-7-6-13-12(10-22)8-21-9-15(13)18(24)23-11-16(20)14-4-2-3-5-17(14)23/h2-5,8-9,11H,6-7,10,20H2,1H3. The van der Waals surface area contributed by atoms with Gasteiger partial charge >= 0.3 is 6.09 Å². The molecule has 132 valence electrons. The Morgan fingerprint density at radius 3 is 2.85 bits per heavy atom. The molecular formula is C19H18N4O3. The molecule has 0 bridgehead atoms. The van der Waals surface area contributed by atoms with Crippen molar-refractivity contribution in [3.8, 4) is 0 Å². The zero-order valence-corrected chi connectivity index (χ0v) is 14.3. The van der Waals surface area contributed by atoms with Crippen LogP contribution in [0.5, 0.6) is 0 Å². The number of methoxy groups -OCH3 is 1. The maximum absolute atomic E-state index is 13.2. The first-order chi connectivity index (χ1) is 12.6. The summed E-state index contributed by atoms with van der Waals surface area (Å²) in [5.74, 6) is -0.172. The molecule has 1 amide bonds. The van der Waals surface area contributed by atoms with Crippen molar-refractivity contribution in [1.29, 1.82) is 0 Å². The Bertz CT molecular complexity index is 1020. The van der Waals surface area contributed by atoms with Crippen molar-refractivity contribution in [2.24, 2.45) is 0 Å². The summed E-state index contributed by atoms with van der Waals surface area (Å²) in [5, 5.41) is 0.843. The number of rotatable bonds is 1. The van der Waals surface area contributed by atoms with Crippen LogP contribution in [0.1, 0.15) is 21.5 Å². The number of nitrogen functional groups attached to an aromatic ring is 1. The Balaban J connectivity index is 1.75. The molecule has 3 heterocycles.